The molecule has 0 amide bonds. The van der Waals surface area contributed by atoms with Gasteiger partial charge in [-0.15, -0.1) is 0 Å². The van der Waals surface area contributed by atoms with Crippen LogP contribution in [-0.2, 0) is 6.42 Å². The molecule has 0 heterocycles. The second-order valence-corrected chi connectivity index (χ2v) is 2.84. The Morgan fingerprint density at radius 3 is 2.92 bits per heavy atom. The standard InChI is InChI=1S/C9H7FO2/c10-7-4-6-5(9(7)12)2-1-3-8(6)11/h1-3,7,11H,4H2. The van der Waals surface area contributed by atoms with Crippen LogP contribution in [0.2, 0.25) is 0 Å². The maximum absolute atomic E-state index is 12.8. The van der Waals surface area contributed by atoms with E-state index in [0.29, 0.717) is 11.1 Å². The predicted molar refractivity (Wildman–Crippen MR) is 41.0 cm³/mol. The summed E-state index contributed by atoms with van der Waals surface area (Å²) in [6, 6.07) is 4.55. The largest absolute Gasteiger partial charge is 0.508 e. The molecule has 0 bridgehead atoms. The van der Waals surface area contributed by atoms with Gasteiger partial charge >= 0.3 is 0 Å². The molecule has 0 saturated carbocycles. The van der Waals surface area contributed by atoms with Crippen LogP contribution >= 0.6 is 0 Å². The minimum absolute atomic E-state index is 0.0147. The summed E-state index contributed by atoms with van der Waals surface area (Å²) in [7, 11) is 0. The van der Waals surface area contributed by atoms with E-state index in [1.54, 1.807) is 6.07 Å². The molecule has 1 aromatic rings. The van der Waals surface area contributed by atoms with E-state index in [2.05, 4.69) is 0 Å². The quantitative estimate of drug-likeness (QED) is 0.633. The van der Waals surface area contributed by atoms with Gasteiger partial charge in [-0.2, -0.15) is 0 Å². The summed E-state index contributed by atoms with van der Waals surface area (Å²) in [4.78, 5) is 11.1. The van der Waals surface area contributed by atoms with Crippen molar-refractivity contribution in [1.82, 2.24) is 0 Å². The molecule has 12 heavy (non-hydrogen) atoms. The Labute approximate surface area is 68.6 Å². The normalized spacial score (nSPS) is 21.1. The van der Waals surface area contributed by atoms with E-state index >= 15 is 0 Å². The van der Waals surface area contributed by atoms with Crippen molar-refractivity contribution in [2.24, 2.45) is 0 Å². The fourth-order valence-corrected chi connectivity index (χ4v) is 1.46. The monoisotopic (exact) mass is 166 g/mol. The number of carbonyl (C=O) groups is 1. The molecule has 1 aromatic carbocycles. The molecular formula is C9H7FO2. The third kappa shape index (κ3) is 0.826. The third-order valence-electron chi connectivity index (χ3n) is 2.08. The third-order valence-corrected chi connectivity index (χ3v) is 2.08. The van der Waals surface area contributed by atoms with Crippen LogP contribution in [0.15, 0.2) is 18.2 Å². The summed E-state index contributed by atoms with van der Waals surface area (Å²) in [6.07, 6.45) is -1.45. The molecule has 62 valence electrons. The zero-order valence-electron chi connectivity index (χ0n) is 6.25. The second-order valence-electron chi connectivity index (χ2n) is 2.84. The van der Waals surface area contributed by atoms with Crippen LogP contribution in [0.3, 0.4) is 0 Å². The van der Waals surface area contributed by atoms with E-state index in [0.717, 1.165) is 0 Å². The summed E-state index contributed by atoms with van der Waals surface area (Å²) in [5.41, 5.74) is 0.762. The maximum atomic E-state index is 12.8. The van der Waals surface area contributed by atoms with E-state index in [1.165, 1.54) is 12.1 Å². The summed E-state index contributed by atoms with van der Waals surface area (Å²) < 4.78 is 12.8. The van der Waals surface area contributed by atoms with Gasteiger partial charge in [-0.1, -0.05) is 12.1 Å². The van der Waals surface area contributed by atoms with Crippen molar-refractivity contribution in [3.05, 3.63) is 29.3 Å². The van der Waals surface area contributed by atoms with E-state index in [1.807, 2.05) is 0 Å². The lowest BCUT2D eigenvalue weighted by molar-refractivity contribution is 0.0899. The highest BCUT2D eigenvalue weighted by Gasteiger charge is 2.31. The highest BCUT2D eigenvalue weighted by molar-refractivity contribution is 6.04. The van der Waals surface area contributed by atoms with Gasteiger partial charge in [0.15, 0.2) is 12.0 Å². The number of rotatable bonds is 0. The smallest absolute Gasteiger partial charge is 0.197 e. The molecule has 1 N–H and O–H groups in total. The van der Waals surface area contributed by atoms with Gasteiger partial charge in [-0.3, -0.25) is 4.79 Å². The van der Waals surface area contributed by atoms with Crippen molar-refractivity contribution >= 4 is 5.78 Å². The lowest BCUT2D eigenvalue weighted by Gasteiger charge is -1.97. The topological polar surface area (TPSA) is 37.3 Å². The van der Waals surface area contributed by atoms with Crippen LogP contribution in [0.25, 0.3) is 0 Å². The second kappa shape index (κ2) is 2.30. The number of ketones is 1. The van der Waals surface area contributed by atoms with Crippen molar-refractivity contribution in [3.8, 4) is 5.75 Å². The van der Waals surface area contributed by atoms with Crippen molar-refractivity contribution in [3.63, 3.8) is 0 Å². The molecule has 2 rings (SSSR count). The Morgan fingerprint density at radius 2 is 2.25 bits per heavy atom. The number of phenolic OH excluding ortho intramolecular Hbond substituents is 1. The Kier molecular flexibility index (Phi) is 1.40. The minimum Gasteiger partial charge on any atom is -0.508 e. The zero-order chi connectivity index (χ0) is 8.72. The van der Waals surface area contributed by atoms with Gasteiger partial charge in [0.2, 0.25) is 0 Å². The lowest BCUT2D eigenvalue weighted by atomic mass is 10.1. The Balaban J connectivity index is 2.61. The number of halogens is 1. The van der Waals surface area contributed by atoms with Gasteiger partial charge in [0.05, 0.1) is 0 Å². The summed E-state index contributed by atoms with van der Waals surface area (Å²) >= 11 is 0. The molecule has 1 aliphatic rings. The van der Waals surface area contributed by atoms with Crippen molar-refractivity contribution in [1.29, 1.82) is 0 Å². The van der Waals surface area contributed by atoms with Gasteiger partial charge in [0, 0.05) is 17.5 Å². The lowest BCUT2D eigenvalue weighted by Crippen LogP contribution is -2.07. The van der Waals surface area contributed by atoms with E-state index in [9.17, 15) is 14.3 Å². The molecular weight excluding hydrogens is 159 g/mol. The number of aromatic hydroxyl groups is 1. The van der Waals surface area contributed by atoms with Gasteiger partial charge in [-0.25, -0.2) is 4.39 Å². The van der Waals surface area contributed by atoms with Gasteiger partial charge in [0.25, 0.3) is 0 Å². The number of alkyl halides is 1. The van der Waals surface area contributed by atoms with Gasteiger partial charge in [0.1, 0.15) is 5.75 Å². The predicted octanol–water partition coefficient (Wildman–Crippen LogP) is 1.47. The van der Waals surface area contributed by atoms with E-state index < -0.39 is 12.0 Å². The number of carbonyl (C=O) groups excluding carboxylic acids is 1. The molecule has 2 nitrogen and oxygen atoms in total. The highest BCUT2D eigenvalue weighted by atomic mass is 19.1. The first kappa shape index (κ1) is 7.28. The number of fused-ring (bicyclic) bond motifs is 1. The van der Waals surface area contributed by atoms with Crippen LogP contribution in [0, 0.1) is 0 Å². The average Bonchev–Trinajstić information content (AvgIpc) is 2.32. The van der Waals surface area contributed by atoms with E-state index in [-0.39, 0.29) is 12.2 Å². The molecule has 1 atom stereocenters. The summed E-state index contributed by atoms with van der Waals surface area (Å²) in [6.45, 7) is 0. The number of Topliss-reactive ketones (excluding diaryl/α,β-unsaturated/α-hetero) is 1. The molecule has 3 heteroatoms. The number of hydrogen-bond acceptors (Lipinski definition) is 2. The summed E-state index contributed by atoms with van der Waals surface area (Å²) in [5.74, 6) is -0.498. The zero-order valence-corrected chi connectivity index (χ0v) is 6.25. The Bertz CT molecular complexity index is 346. The minimum atomic E-state index is -1.46. The number of benzene rings is 1. The highest BCUT2D eigenvalue weighted by Crippen LogP contribution is 2.30. The fourth-order valence-electron chi connectivity index (χ4n) is 1.46. The van der Waals surface area contributed by atoms with Crippen molar-refractivity contribution < 1.29 is 14.3 Å². The molecule has 0 spiro atoms. The molecule has 0 saturated heterocycles. The summed E-state index contributed by atoms with van der Waals surface area (Å²) in [5, 5.41) is 9.25. The van der Waals surface area contributed by atoms with Crippen molar-refractivity contribution in [2.75, 3.05) is 0 Å². The molecule has 0 aromatic heterocycles. The van der Waals surface area contributed by atoms with E-state index in [4.69, 9.17) is 0 Å². The molecule has 0 fully saturated rings. The first-order valence-corrected chi connectivity index (χ1v) is 3.69. The van der Waals surface area contributed by atoms with Crippen molar-refractivity contribution in [2.45, 2.75) is 12.6 Å². The van der Waals surface area contributed by atoms with Gasteiger partial charge < -0.3 is 5.11 Å². The molecule has 0 aliphatic heterocycles. The molecule has 0 radical (unpaired) electrons. The Morgan fingerprint density at radius 1 is 1.50 bits per heavy atom. The SMILES string of the molecule is O=C1c2cccc(O)c2CC1F. The number of hydrogen-bond donors (Lipinski definition) is 1. The fraction of sp³-hybridized carbons (Fsp3) is 0.222. The van der Waals surface area contributed by atoms with Crippen LogP contribution in [0.1, 0.15) is 15.9 Å². The molecule has 1 unspecified atom stereocenters. The average molecular weight is 166 g/mol. The number of phenols is 1. The van der Waals surface area contributed by atoms with Crippen LogP contribution in [0.5, 0.6) is 5.75 Å². The Hall–Kier alpha value is -1.38. The maximum Gasteiger partial charge on any atom is 0.197 e. The first-order valence-electron chi connectivity index (χ1n) is 3.69. The van der Waals surface area contributed by atoms with Crippen LogP contribution in [0.4, 0.5) is 4.39 Å². The first-order chi connectivity index (χ1) is 5.70. The van der Waals surface area contributed by atoms with Crippen LogP contribution < -0.4 is 0 Å². The van der Waals surface area contributed by atoms with Gasteiger partial charge in [-0.05, 0) is 6.07 Å². The van der Waals surface area contributed by atoms with Crippen LogP contribution in [-0.4, -0.2) is 17.1 Å². The molecule has 1 aliphatic carbocycles.